The monoisotopic (exact) mass is 568 g/mol. The Bertz CT molecular complexity index is 2120. The highest BCUT2D eigenvalue weighted by molar-refractivity contribution is 7.25. The molecule has 1 heterocycles. The summed E-state index contributed by atoms with van der Waals surface area (Å²) >= 11 is 1.75. The van der Waals surface area contributed by atoms with Crippen molar-refractivity contribution in [2.75, 3.05) is 9.80 Å². The summed E-state index contributed by atoms with van der Waals surface area (Å²) in [5.74, 6) is 0. The highest BCUT2D eigenvalue weighted by Crippen LogP contribution is 2.44. The Labute approximate surface area is 254 Å². The first-order valence-electron chi connectivity index (χ1n) is 13.9. The summed E-state index contributed by atoms with van der Waals surface area (Å²) in [5.41, 5.74) is 5.84. The molecule has 5 heteroatoms. The van der Waals surface area contributed by atoms with Crippen LogP contribution in [0.1, 0.15) is 11.1 Å². The van der Waals surface area contributed by atoms with E-state index in [1.807, 2.05) is 108 Å². The molecule has 0 radical (unpaired) electrons. The average molecular weight is 569 g/mol. The van der Waals surface area contributed by atoms with Crippen molar-refractivity contribution >= 4 is 65.6 Å². The van der Waals surface area contributed by atoms with Gasteiger partial charge in [0.1, 0.15) is 12.1 Å². The third-order valence-corrected chi connectivity index (χ3v) is 8.63. The van der Waals surface area contributed by atoms with E-state index in [4.69, 9.17) is 0 Å². The van der Waals surface area contributed by atoms with Gasteiger partial charge in [-0.15, -0.1) is 11.3 Å². The van der Waals surface area contributed by atoms with E-state index in [0.717, 1.165) is 27.4 Å². The van der Waals surface area contributed by atoms with Gasteiger partial charge in [0.15, 0.2) is 0 Å². The van der Waals surface area contributed by atoms with Crippen LogP contribution in [-0.4, -0.2) is 0 Å². The number of hydrogen-bond acceptors (Lipinski definition) is 5. The van der Waals surface area contributed by atoms with Gasteiger partial charge in [-0.25, -0.2) is 0 Å². The zero-order chi connectivity index (χ0) is 29.2. The van der Waals surface area contributed by atoms with Gasteiger partial charge in [0.25, 0.3) is 0 Å². The Hall–Kier alpha value is -5.88. The van der Waals surface area contributed by atoms with Gasteiger partial charge in [-0.1, -0.05) is 78.9 Å². The number of benzene rings is 6. The second kappa shape index (κ2) is 11.2. The molecule has 0 saturated heterocycles. The number of fused-ring (bicyclic) bond motifs is 3. The summed E-state index contributed by atoms with van der Waals surface area (Å²) in [7, 11) is 0. The summed E-state index contributed by atoms with van der Waals surface area (Å²) in [6.45, 7) is 0. The van der Waals surface area contributed by atoms with Crippen molar-refractivity contribution in [1.29, 1.82) is 10.5 Å². The molecule has 0 aliphatic rings. The smallest absolute Gasteiger partial charge is 0.101 e. The summed E-state index contributed by atoms with van der Waals surface area (Å²) < 4.78 is 2.39. The highest BCUT2D eigenvalue weighted by atomic mass is 32.1. The molecule has 0 bridgehead atoms. The van der Waals surface area contributed by atoms with Crippen molar-refractivity contribution in [3.63, 3.8) is 0 Å². The van der Waals surface area contributed by atoms with Crippen LogP contribution >= 0.6 is 11.3 Å². The van der Waals surface area contributed by atoms with Crippen LogP contribution < -0.4 is 9.80 Å². The molecule has 0 fully saturated rings. The van der Waals surface area contributed by atoms with E-state index in [-0.39, 0.29) is 0 Å². The predicted molar refractivity (Wildman–Crippen MR) is 178 cm³/mol. The second-order valence-corrected chi connectivity index (χ2v) is 11.2. The van der Waals surface area contributed by atoms with Crippen LogP contribution in [0.3, 0.4) is 0 Å². The first-order chi connectivity index (χ1) is 21.2. The standard InChI is InChI=1S/C38H24N4S/c39-25-27-23-36(28(26-40)22-35(27)41(29-12-4-1-5-13-29)30-14-6-2-7-15-30)42(31-16-8-3-9-17-31)32-20-21-34-33-18-10-11-19-37(33)43-38(34)24-32/h1-24H. The van der Waals surface area contributed by atoms with Gasteiger partial charge in [-0.05, 0) is 66.7 Å². The van der Waals surface area contributed by atoms with Crippen molar-refractivity contribution < 1.29 is 0 Å². The molecule has 0 N–H and O–H groups in total. The molecule has 7 aromatic rings. The van der Waals surface area contributed by atoms with Crippen LogP contribution in [0.2, 0.25) is 0 Å². The molecule has 1 aromatic heterocycles. The van der Waals surface area contributed by atoms with E-state index in [1.165, 1.54) is 15.5 Å². The number of hydrogen-bond donors (Lipinski definition) is 0. The molecule has 6 aromatic carbocycles. The molecule has 0 unspecified atom stereocenters. The van der Waals surface area contributed by atoms with Crippen LogP contribution in [0.5, 0.6) is 0 Å². The Morgan fingerprint density at radius 1 is 0.419 bits per heavy atom. The van der Waals surface area contributed by atoms with E-state index in [1.54, 1.807) is 11.3 Å². The highest BCUT2D eigenvalue weighted by Gasteiger charge is 2.23. The van der Waals surface area contributed by atoms with Gasteiger partial charge in [0.05, 0.1) is 22.5 Å². The predicted octanol–water partition coefficient (Wildman–Crippen LogP) is 10.7. The van der Waals surface area contributed by atoms with Crippen LogP contribution in [0.15, 0.2) is 146 Å². The van der Waals surface area contributed by atoms with Gasteiger partial charge in [0, 0.05) is 42.9 Å². The van der Waals surface area contributed by atoms with Gasteiger partial charge in [-0.2, -0.15) is 10.5 Å². The maximum atomic E-state index is 10.6. The van der Waals surface area contributed by atoms with Crippen molar-refractivity contribution in [3.8, 4) is 12.1 Å². The normalized spacial score (nSPS) is 10.7. The fourth-order valence-electron chi connectivity index (χ4n) is 5.57. The van der Waals surface area contributed by atoms with Crippen molar-refractivity contribution in [2.24, 2.45) is 0 Å². The quantitative estimate of drug-likeness (QED) is 0.200. The van der Waals surface area contributed by atoms with Crippen LogP contribution in [0.25, 0.3) is 20.2 Å². The first-order valence-corrected chi connectivity index (χ1v) is 14.7. The molecule has 202 valence electrons. The summed E-state index contributed by atoms with van der Waals surface area (Å²) in [6.07, 6.45) is 0. The third-order valence-electron chi connectivity index (χ3n) is 7.50. The van der Waals surface area contributed by atoms with E-state index in [2.05, 4.69) is 59.5 Å². The fourth-order valence-corrected chi connectivity index (χ4v) is 6.70. The number of para-hydroxylation sites is 3. The Morgan fingerprint density at radius 3 is 1.37 bits per heavy atom. The number of rotatable bonds is 6. The van der Waals surface area contributed by atoms with E-state index in [9.17, 15) is 10.5 Å². The van der Waals surface area contributed by atoms with Crippen molar-refractivity contribution in [2.45, 2.75) is 0 Å². The molecule has 0 aliphatic carbocycles. The Balaban J connectivity index is 1.45. The van der Waals surface area contributed by atoms with Gasteiger partial charge in [-0.3, -0.25) is 0 Å². The number of thiophene rings is 1. The lowest BCUT2D eigenvalue weighted by Crippen LogP contribution is -2.15. The van der Waals surface area contributed by atoms with E-state index < -0.39 is 0 Å². The minimum absolute atomic E-state index is 0.463. The number of nitrogens with zero attached hydrogens (tertiary/aromatic N) is 4. The molecule has 0 amide bonds. The Kier molecular flexibility index (Phi) is 6.77. The van der Waals surface area contributed by atoms with Crippen molar-refractivity contribution in [1.82, 2.24) is 0 Å². The topological polar surface area (TPSA) is 54.1 Å². The number of nitriles is 2. The van der Waals surface area contributed by atoms with E-state index >= 15 is 0 Å². The van der Waals surface area contributed by atoms with Gasteiger partial charge >= 0.3 is 0 Å². The molecule has 0 atom stereocenters. The summed E-state index contributed by atoms with van der Waals surface area (Å²) in [4.78, 5) is 4.10. The van der Waals surface area contributed by atoms with Gasteiger partial charge in [0.2, 0.25) is 0 Å². The molecule has 0 aliphatic heterocycles. The lowest BCUT2D eigenvalue weighted by atomic mass is 10.0. The maximum Gasteiger partial charge on any atom is 0.101 e. The average Bonchev–Trinajstić information content (AvgIpc) is 3.45. The van der Waals surface area contributed by atoms with Crippen LogP contribution in [-0.2, 0) is 0 Å². The zero-order valence-corrected chi connectivity index (χ0v) is 23.9. The fraction of sp³-hybridized carbons (Fsp3) is 0. The SMILES string of the molecule is N#Cc1cc(N(c2ccccc2)c2ccc3c(c2)sc2ccccc23)c(C#N)cc1N(c1ccccc1)c1ccccc1. The van der Waals surface area contributed by atoms with Gasteiger partial charge < -0.3 is 9.80 Å². The third kappa shape index (κ3) is 4.75. The minimum Gasteiger partial charge on any atom is -0.309 e. The van der Waals surface area contributed by atoms with E-state index in [0.29, 0.717) is 22.5 Å². The molecular weight excluding hydrogens is 545 g/mol. The van der Waals surface area contributed by atoms with Crippen molar-refractivity contribution in [3.05, 3.63) is 157 Å². The minimum atomic E-state index is 0.463. The molecule has 0 saturated carbocycles. The molecule has 7 rings (SSSR count). The number of anilines is 6. The molecule has 0 spiro atoms. The lowest BCUT2D eigenvalue weighted by molar-refractivity contribution is 1.23. The summed E-state index contributed by atoms with van der Waals surface area (Å²) in [5, 5.41) is 23.5. The first kappa shape index (κ1) is 26.0. The summed E-state index contributed by atoms with van der Waals surface area (Å²) in [6, 6.07) is 53.2. The Morgan fingerprint density at radius 2 is 0.860 bits per heavy atom. The second-order valence-electron chi connectivity index (χ2n) is 10.1. The zero-order valence-electron chi connectivity index (χ0n) is 23.1. The largest absolute Gasteiger partial charge is 0.309 e. The lowest BCUT2D eigenvalue weighted by Gasteiger charge is -2.30. The molecule has 43 heavy (non-hydrogen) atoms. The molecular formula is C38H24N4S. The maximum absolute atomic E-state index is 10.6. The van der Waals surface area contributed by atoms with Crippen LogP contribution in [0, 0.1) is 22.7 Å². The van der Waals surface area contributed by atoms with Crippen LogP contribution in [0.4, 0.5) is 34.1 Å². The molecule has 4 nitrogen and oxygen atoms in total.